The molecule has 1 unspecified atom stereocenters. The van der Waals surface area contributed by atoms with Gasteiger partial charge in [0.2, 0.25) is 0 Å². The first kappa shape index (κ1) is 14.2. The summed E-state index contributed by atoms with van der Waals surface area (Å²) in [5.41, 5.74) is 1.24. The Balaban J connectivity index is 2.20. The number of hydrogen-bond donors (Lipinski definition) is 2. The quantitative estimate of drug-likeness (QED) is 0.641. The molecule has 0 aromatic heterocycles. The maximum atomic E-state index is 9.29. The predicted molar refractivity (Wildman–Crippen MR) is 70.1 cm³/mol. The van der Waals surface area contributed by atoms with Crippen molar-refractivity contribution in [1.82, 2.24) is 5.32 Å². The van der Waals surface area contributed by atoms with E-state index in [1.165, 1.54) is 5.56 Å². The Kier molecular flexibility index (Phi) is 7.63. The van der Waals surface area contributed by atoms with Gasteiger partial charge in [0, 0.05) is 19.2 Å². The average molecular weight is 237 g/mol. The van der Waals surface area contributed by atoms with E-state index in [0.29, 0.717) is 6.61 Å². The van der Waals surface area contributed by atoms with Gasteiger partial charge in [-0.2, -0.15) is 0 Å². The van der Waals surface area contributed by atoms with Crippen molar-refractivity contribution in [3.05, 3.63) is 35.9 Å². The minimum Gasteiger partial charge on any atom is -0.395 e. The fraction of sp³-hybridized carbons (Fsp3) is 0.571. The van der Waals surface area contributed by atoms with Crippen molar-refractivity contribution < 1.29 is 9.84 Å². The molecular weight excluding hydrogens is 214 g/mol. The summed E-state index contributed by atoms with van der Waals surface area (Å²) < 4.78 is 5.38. The number of hydrogen-bond acceptors (Lipinski definition) is 3. The first-order chi connectivity index (χ1) is 8.36. The largest absolute Gasteiger partial charge is 0.395 e. The summed E-state index contributed by atoms with van der Waals surface area (Å²) in [5, 5.41) is 12.6. The van der Waals surface area contributed by atoms with E-state index in [0.717, 1.165) is 26.0 Å². The molecule has 1 aromatic carbocycles. The van der Waals surface area contributed by atoms with Gasteiger partial charge in [-0.05, 0) is 18.4 Å². The molecule has 0 heterocycles. The molecule has 1 aromatic rings. The molecule has 0 saturated carbocycles. The minimum atomic E-state index is 0.114. The summed E-state index contributed by atoms with van der Waals surface area (Å²) in [6, 6.07) is 10.3. The van der Waals surface area contributed by atoms with Gasteiger partial charge in [0.1, 0.15) is 0 Å². The van der Waals surface area contributed by atoms with Gasteiger partial charge in [-0.3, -0.25) is 0 Å². The van der Waals surface area contributed by atoms with Crippen LogP contribution in [0.5, 0.6) is 0 Å². The third-order valence-corrected chi connectivity index (χ3v) is 2.57. The van der Waals surface area contributed by atoms with Crippen LogP contribution >= 0.6 is 0 Å². The fourth-order valence-electron chi connectivity index (χ4n) is 1.68. The number of aliphatic hydroxyl groups excluding tert-OH is 1. The lowest BCUT2D eigenvalue weighted by atomic mass is 10.1. The standard InChI is InChI=1S/C14H23NO2/c1-2-9-17-10-8-15-14(12-16)11-13-6-4-3-5-7-13/h3-7,14-16H,2,8-12H2,1H3. The van der Waals surface area contributed by atoms with E-state index in [-0.39, 0.29) is 12.6 Å². The van der Waals surface area contributed by atoms with Gasteiger partial charge in [-0.15, -0.1) is 0 Å². The second-order valence-electron chi connectivity index (χ2n) is 4.14. The monoisotopic (exact) mass is 237 g/mol. The second kappa shape index (κ2) is 9.16. The minimum absolute atomic E-state index is 0.114. The molecule has 0 spiro atoms. The Morgan fingerprint density at radius 2 is 2.00 bits per heavy atom. The lowest BCUT2D eigenvalue weighted by molar-refractivity contribution is 0.130. The van der Waals surface area contributed by atoms with Crippen molar-refractivity contribution in [1.29, 1.82) is 0 Å². The summed E-state index contributed by atoms with van der Waals surface area (Å²) in [5.74, 6) is 0. The van der Waals surface area contributed by atoms with Crippen molar-refractivity contribution in [3.8, 4) is 0 Å². The predicted octanol–water partition coefficient (Wildman–Crippen LogP) is 1.61. The second-order valence-corrected chi connectivity index (χ2v) is 4.14. The highest BCUT2D eigenvalue weighted by Gasteiger charge is 2.06. The van der Waals surface area contributed by atoms with Crippen molar-refractivity contribution in [2.24, 2.45) is 0 Å². The van der Waals surface area contributed by atoms with E-state index in [9.17, 15) is 5.11 Å². The van der Waals surface area contributed by atoms with E-state index in [4.69, 9.17) is 4.74 Å². The Morgan fingerprint density at radius 1 is 1.24 bits per heavy atom. The van der Waals surface area contributed by atoms with E-state index < -0.39 is 0 Å². The molecule has 0 aliphatic rings. The van der Waals surface area contributed by atoms with E-state index in [1.54, 1.807) is 0 Å². The molecule has 0 bridgehead atoms. The van der Waals surface area contributed by atoms with E-state index in [1.807, 2.05) is 18.2 Å². The van der Waals surface area contributed by atoms with Gasteiger partial charge in [-0.25, -0.2) is 0 Å². The van der Waals surface area contributed by atoms with Gasteiger partial charge in [0.25, 0.3) is 0 Å². The van der Waals surface area contributed by atoms with Crippen LogP contribution in [0.25, 0.3) is 0 Å². The van der Waals surface area contributed by atoms with Crippen molar-refractivity contribution in [2.75, 3.05) is 26.4 Å². The highest BCUT2D eigenvalue weighted by atomic mass is 16.5. The zero-order valence-corrected chi connectivity index (χ0v) is 10.6. The van der Waals surface area contributed by atoms with Crippen LogP contribution in [-0.4, -0.2) is 37.5 Å². The van der Waals surface area contributed by atoms with Gasteiger partial charge in [0.15, 0.2) is 0 Å². The summed E-state index contributed by atoms with van der Waals surface area (Å²) in [6.07, 6.45) is 1.90. The molecule has 0 amide bonds. The van der Waals surface area contributed by atoms with Gasteiger partial charge in [0.05, 0.1) is 13.2 Å². The van der Waals surface area contributed by atoms with Crippen LogP contribution in [0.3, 0.4) is 0 Å². The van der Waals surface area contributed by atoms with Crippen LogP contribution in [0, 0.1) is 0 Å². The van der Waals surface area contributed by atoms with Crippen molar-refractivity contribution >= 4 is 0 Å². The molecule has 0 fully saturated rings. The smallest absolute Gasteiger partial charge is 0.0591 e. The third-order valence-electron chi connectivity index (χ3n) is 2.57. The van der Waals surface area contributed by atoms with E-state index in [2.05, 4.69) is 24.4 Å². The molecule has 0 radical (unpaired) electrons. The molecule has 1 rings (SSSR count). The number of benzene rings is 1. The fourth-order valence-corrected chi connectivity index (χ4v) is 1.68. The highest BCUT2D eigenvalue weighted by molar-refractivity contribution is 5.15. The number of rotatable bonds is 9. The SMILES string of the molecule is CCCOCCNC(CO)Cc1ccccc1. The van der Waals surface area contributed by atoms with Gasteiger partial charge >= 0.3 is 0 Å². The highest BCUT2D eigenvalue weighted by Crippen LogP contribution is 2.02. The molecule has 2 N–H and O–H groups in total. The van der Waals surface area contributed by atoms with Crippen molar-refractivity contribution in [3.63, 3.8) is 0 Å². The number of nitrogens with one attached hydrogen (secondary N) is 1. The Hall–Kier alpha value is -0.900. The summed E-state index contributed by atoms with van der Waals surface area (Å²) in [7, 11) is 0. The van der Waals surface area contributed by atoms with Crippen LogP contribution in [0.1, 0.15) is 18.9 Å². The molecular formula is C14H23NO2. The first-order valence-corrected chi connectivity index (χ1v) is 6.32. The van der Waals surface area contributed by atoms with Gasteiger partial charge < -0.3 is 15.2 Å². The lowest BCUT2D eigenvalue weighted by Crippen LogP contribution is -2.36. The normalized spacial score (nSPS) is 12.6. The Morgan fingerprint density at radius 3 is 2.65 bits per heavy atom. The number of ether oxygens (including phenoxy) is 1. The Bertz CT molecular complexity index is 277. The topological polar surface area (TPSA) is 41.5 Å². The summed E-state index contributed by atoms with van der Waals surface area (Å²) in [6.45, 7) is 4.56. The van der Waals surface area contributed by atoms with Crippen LogP contribution in [0.4, 0.5) is 0 Å². The molecule has 0 aliphatic carbocycles. The van der Waals surface area contributed by atoms with E-state index >= 15 is 0 Å². The van der Waals surface area contributed by atoms with Crippen LogP contribution in [0.2, 0.25) is 0 Å². The zero-order valence-electron chi connectivity index (χ0n) is 10.6. The maximum absolute atomic E-state index is 9.29. The average Bonchev–Trinajstić information content (AvgIpc) is 2.38. The Labute approximate surface area is 104 Å². The first-order valence-electron chi connectivity index (χ1n) is 6.32. The zero-order chi connectivity index (χ0) is 12.3. The molecule has 0 aliphatic heterocycles. The lowest BCUT2D eigenvalue weighted by Gasteiger charge is -2.16. The molecule has 96 valence electrons. The van der Waals surface area contributed by atoms with Crippen molar-refractivity contribution in [2.45, 2.75) is 25.8 Å². The molecule has 1 atom stereocenters. The third kappa shape index (κ3) is 6.41. The molecule has 0 saturated heterocycles. The maximum Gasteiger partial charge on any atom is 0.0591 e. The molecule has 3 nitrogen and oxygen atoms in total. The van der Waals surface area contributed by atoms with Crippen LogP contribution < -0.4 is 5.32 Å². The number of aliphatic hydroxyl groups is 1. The van der Waals surface area contributed by atoms with Crippen LogP contribution in [0.15, 0.2) is 30.3 Å². The molecule has 17 heavy (non-hydrogen) atoms. The summed E-state index contributed by atoms with van der Waals surface area (Å²) >= 11 is 0. The summed E-state index contributed by atoms with van der Waals surface area (Å²) in [4.78, 5) is 0. The van der Waals surface area contributed by atoms with Crippen LogP contribution in [-0.2, 0) is 11.2 Å². The molecule has 3 heteroatoms. The van der Waals surface area contributed by atoms with Gasteiger partial charge in [-0.1, -0.05) is 37.3 Å².